The van der Waals surface area contributed by atoms with Gasteiger partial charge in [-0.05, 0) is 25.3 Å². The first kappa shape index (κ1) is 9.94. The van der Waals surface area contributed by atoms with Crippen LogP contribution in [0.2, 0.25) is 0 Å². The lowest BCUT2D eigenvalue weighted by molar-refractivity contribution is 0.528. The first-order chi connectivity index (χ1) is 7.22. The van der Waals surface area contributed by atoms with Crippen LogP contribution in [0.15, 0.2) is 23.6 Å². The molecule has 0 N–H and O–H groups in total. The summed E-state index contributed by atoms with van der Waals surface area (Å²) in [6.45, 7) is 4.04. The van der Waals surface area contributed by atoms with E-state index in [2.05, 4.69) is 11.2 Å². The average molecular weight is 217 g/mol. The van der Waals surface area contributed by atoms with Crippen LogP contribution in [-0.4, -0.2) is 9.78 Å². The van der Waals surface area contributed by atoms with Gasteiger partial charge >= 0.3 is 0 Å². The molecule has 0 saturated carbocycles. The van der Waals surface area contributed by atoms with Crippen LogP contribution in [0, 0.1) is 11.3 Å². The van der Waals surface area contributed by atoms with Crippen molar-refractivity contribution in [1.82, 2.24) is 9.78 Å². The van der Waals surface area contributed by atoms with Gasteiger partial charge in [0.15, 0.2) is 0 Å². The Morgan fingerprint density at radius 1 is 1.53 bits per heavy atom. The van der Waals surface area contributed by atoms with Gasteiger partial charge in [0.1, 0.15) is 17.5 Å². The maximum atomic E-state index is 8.97. The van der Waals surface area contributed by atoms with Crippen molar-refractivity contribution in [2.24, 2.45) is 0 Å². The first-order valence-electron chi connectivity index (χ1n) is 4.76. The third-order valence-corrected chi connectivity index (χ3v) is 3.01. The SMILES string of the molecule is CC(C)n1nc(-c2cccs2)cc1C#N. The van der Waals surface area contributed by atoms with Crippen LogP contribution in [0.3, 0.4) is 0 Å². The molecule has 0 aromatic carbocycles. The Kier molecular flexibility index (Phi) is 2.57. The van der Waals surface area contributed by atoms with Crippen molar-refractivity contribution in [3.05, 3.63) is 29.3 Å². The quantitative estimate of drug-likeness (QED) is 0.775. The van der Waals surface area contributed by atoms with Crippen molar-refractivity contribution in [2.45, 2.75) is 19.9 Å². The Morgan fingerprint density at radius 2 is 2.33 bits per heavy atom. The molecule has 3 nitrogen and oxygen atoms in total. The molecule has 4 heteroatoms. The molecule has 0 aliphatic rings. The zero-order chi connectivity index (χ0) is 10.8. The summed E-state index contributed by atoms with van der Waals surface area (Å²) in [5.74, 6) is 0. The van der Waals surface area contributed by atoms with Gasteiger partial charge in [-0.3, -0.25) is 4.68 Å². The van der Waals surface area contributed by atoms with Crippen LogP contribution in [0.25, 0.3) is 10.6 Å². The molecule has 15 heavy (non-hydrogen) atoms. The van der Waals surface area contributed by atoms with E-state index in [1.54, 1.807) is 16.0 Å². The number of hydrogen-bond acceptors (Lipinski definition) is 3. The van der Waals surface area contributed by atoms with Crippen LogP contribution in [0.5, 0.6) is 0 Å². The van der Waals surface area contributed by atoms with E-state index in [0.717, 1.165) is 10.6 Å². The fourth-order valence-electron chi connectivity index (χ4n) is 1.42. The summed E-state index contributed by atoms with van der Waals surface area (Å²) < 4.78 is 1.76. The average Bonchev–Trinajstić information content (AvgIpc) is 2.86. The fourth-order valence-corrected chi connectivity index (χ4v) is 2.10. The van der Waals surface area contributed by atoms with Gasteiger partial charge in [-0.1, -0.05) is 6.07 Å². The van der Waals surface area contributed by atoms with Gasteiger partial charge in [0, 0.05) is 12.1 Å². The highest BCUT2D eigenvalue weighted by Crippen LogP contribution is 2.25. The molecule has 0 bridgehead atoms. The molecule has 0 saturated heterocycles. The minimum Gasteiger partial charge on any atom is -0.252 e. The molecule has 0 aliphatic carbocycles. The molecule has 0 unspecified atom stereocenters. The summed E-state index contributed by atoms with van der Waals surface area (Å²) in [6, 6.07) is 8.22. The van der Waals surface area contributed by atoms with Gasteiger partial charge in [0.2, 0.25) is 0 Å². The zero-order valence-electron chi connectivity index (χ0n) is 8.64. The molecule has 0 atom stereocenters. The lowest BCUT2D eigenvalue weighted by atomic mass is 10.3. The maximum absolute atomic E-state index is 8.97. The standard InChI is InChI=1S/C11H11N3S/c1-8(2)14-9(7-12)6-10(13-14)11-4-3-5-15-11/h3-6,8H,1-2H3. The summed E-state index contributed by atoms with van der Waals surface area (Å²) in [5, 5.41) is 15.4. The Bertz CT molecular complexity index is 488. The summed E-state index contributed by atoms with van der Waals surface area (Å²) in [7, 11) is 0. The Hall–Kier alpha value is -1.60. The van der Waals surface area contributed by atoms with Crippen LogP contribution >= 0.6 is 11.3 Å². The van der Waals surface area contributed by atoms with Gasteiger partial charge in [-0.15, -0.1) is 11.3 Å². The topological polar surface area (TPSA) is 41.6 Å². The third kappa shape index (κ3) is 1.79. The number of thiophene rings is 1. The summed E-state index contributed by atoms with van der Waals surface area (Å²) in [6.07, 6.45) is 0. The van der Waals surface area contributed by atoms with Crippen molar-refractivity contribution in [2.75, 3.05) is 0 Å². The lowest BCUT2D eigenvalue weighted by Gasteiger charge is -2.05. The summed E-state index contributed by atoms with van der Waals surface area (Å²) in [5.41, 5.74) is 1.50. The van der Waals surface area contributed by atoms with Gasteiger partial charge in [0.05, 0.1) is 4.88 Å². The second-order valence-electron chi connectivity index (χ2n) is 3.54. The van der Waals surface area contributed by atoms with E-state index in [0.29, 0.717) is 5.69 Å². The van der Waals surface area contributed by atoms with Gasteiger partial charge < -0.3 is 0 Å². The van der Waals surface area contributed by atoms with Crippen molar-refractivity contribution in [3.8, 4) is 16.6 Å². The van der Waals surface area contributed by atoms with Crippen LogP contribution < -0.4 is 0 Å². The van der Waals surface area contributed by atoms with Gasteiger partial charge in [-0.2, -0.15) is 10.4 Å². The fraction of sp³-hybridized carbons (Fsp3) is 0.273. The predicted octanol–water partition coefficient (Wildman–Crippen LogP) is 3.06. The minimum atomic E-state index is 0.216. The van der Waals surface area contributed by atoms with Gasteiger partial charge in [-0.25, -0.2) is 0 Å². The van der Waals surface area contributed by atoms with Crippen LogP contribution in [-0.2, 0) is 0 Å². The molecule has 0 amide bonds. The largest absolute Gasteiger partial charge is 0.252 e. The van der Waals surface area contributed by atoms with E-state index in [1.807, 2.05) is 37.4 Å². The monoisotopic (exact) mass is 217 g/mol. The van der Waals surface area contributed by atoms with Crippen molar-refractivity contribution < 1.29 is 0 Å². The van der Waals surface area contributed by atoms with E-state index < -0.39 is 0 Å². The highest BCUT2D eigenvalue weighted by atomic mass is 32.1. The second kappa shape index (κ2) is 3.87. The highest BCUT2D eigenvalue weighted by molar-refractivity contribution is 7.13. The molecule has 0 aliphatic heterocycles. The van der Waals surface area contributed by atoms with E-state index in [9.17, 15) is 0 Å². The smallest absolute Gasteiger partial charge is 0.139 e. The van der Waals surface area contributed by atoms with Crippen molar-refractivity contribution in [3.63, 3.8) is 0 Å². The second-order valence-corrected chi connectivity index (χ2v) is 4.49. The number of hydrogen-bond donors (Lipinski definition) is 0. The minimum absolute atomic E-state index is 0.216. The number of aromatic nitrogens is 2. The summed E-state index contributed by atoms with van der Waals surface area (Å²) in [4.78, 5) is 1.10. The van der Waals surface area contributed by atoms with Crippen LogP contribution in [0.1, 0.15) is 25.6 Å². The molecule has 0 fully saturated rings. The number of nitriles is 1. The van der Waals surface area contributed by atoms with Crippen LogP contribution in [0.4, 0.5) is 0 Å². The molecule has 0 spiro atoms. The molecule has 2 aromatic rings. The van der Waals surface area contributed by atoms with E-state index in [4.69, 9.17) is 5.26 Å². The molecule has 2 aromatic heterocycles. The molecular weight excluding hydrogens is 206 g/mol. The predicted molar refractivity (Wildman–Crippen MR) is 60.6 cm³/mol. The van der Waals surface area contributed by atoms with E-state index >= 15 is 0 Å². The lowest BCUT2D eigenvalue weighted by Crippen LogP contribution is -2.05. The van der Waals surface area contributed by atoms with Crippen molar-refractivity contribution >= 4 is 11.3 Å². The third-order valence-electron chi connectivity index (χ3n) is 2.11. The van der Waals surface area contributed by atoms with Crippen molar-refractivity contribution in [1.29, 1.82) is 5.26 Å². The Morgan fingerprint density at radius 3 is 2.80 bits per heavy atom. The first-order valence-corrected chi connectivity index (χ1v) is 5.64. The molecule has 2 rings (SSSR count). The molecule has 2 heterocycles. The Labute approximate surface area is 92.6 Å². The molecular formula is C11H11N3S. The normalized spacial score (nSPS) is 10.5. The Balaban J connectivity index is 2.49. The van der Waals surface area contributed by atoms with E-state index in [1.165, 1.54) is 0 Å². The van der Waals surface area contributed by atoms with E-state index in [-0.39, 0.29) is 6.04 Å². The maximum Gasteiger partial charge on any atom is 0.139 e. The molecule has 76 valence electrons. The highest BCUT2D eigenvalue weighted by Gasteiger charge is 2.11. The molecule has 0 radical (unpaired) electrons. The summed E-state index contributed by atoms with van der Waals surface area (Å²) >= 11 is 1.64. The zero-order valence-corrected chi connectivity index (χ0v) is 9.45. The van der Waals surface area contributed by atoms with Gasteiger partial charge in [0.25, 0.3) is 0 Å². The number of nitrogens with zero attached hydrogens (tertiary/aromatic N) is 3. The number of rotatable bonds is 2.